The molecule has 1 aliphatic rings. The molecule has 2 heterocycles. The highest BCUT2D eigenvalue weighted by Crippen LogP contribution is 2.39. The van der Waals surface area contributed by atoms with Crippen molar-refractivity contribution in [3.05, 3.63) is 76.6 Å². The molecule has 2 amide bonds. The molecule has 1 aromatic heterocycles. The van der Waals surface area contributed by atoms with Crippen LogP contribution in [-0.4, -0.2) is 91.2 Å². The molecule has 0 bridgehead atoms. The lowest BCUT2D eigenvalue weighted by molar-refractivity contribution is 0.0555. The largest absolute Gasteiger partial charge is 0.478 e. The number of hydrogen-bond donors (Lipinski definition) is 1. The summed E-state index contributed by atoms with van der Waals surface area (Å²) in [5, 5.41) is 10.2. The Bertz CT molecular complexity index is 1830. The standard InChI is InChI=1S/C44H68N4O6Si2/c1-13-15-23-46(24-16-14-2)41(50)38-30-47(25-26-53-55(9,10)43(3,4)5)39(45-38)36-22-21-33(42(51)52)28-37(36)40(49)48-29-34-20-18-17-19-32(34)27-35(48)31-54-56(11,12)44(6,7)8/h17-22,28,30,35H,13-16,23-27,29,31H2,1-12H3,(H,51,52). The molecular weight excluding hydrogens is 737 g/mol. The fraction of sp³-hybridized carbons (Fsp3) is 0.591. The Hall–Kier alpha value is -3.59. The zero-order valence-corrected chi connectivity index (χ0v) is 38.3. The van der Waals surface area contributed by atoms with E-state index in [1.807, 2.05) is 32.6 Å². The fourth-order valence-corrected chi connectivity index (χ4v) is 8.47. The summed E-state index contributed by atoms with van der Waals surface area (Å²) in [7, 11) is -4.27. The van der Waals surface area contributed by atoms with Gasteiger partial charge in [0.25, 0.3) is 11.8 Å². The summed E-state index contributed by atoms with van der Waals surface area (Å²) in [5.74, 6) is -1.14. The molecule has 1 N–H and O–H groups in total. The smallest absolute Gasteiger partial charge is 0.335 e. The van der Waals surface area contributed by atoms with Crippen molar-refractivity contribution in [2.75, 3.05) is 26.3 Å². The Balaban J connectivity index is 1.85. The molecule has 0 saturated carbocycles. The van der Waals surface area contributed by atoms with Crippen LogP contribution >= 0.6 is 0 Å². The Morgan fingerprint density at radius 3 is 2.04 bits per heavy atom. The molecule has 12 heteroatoms. The van der Waals surface area contributed by atoms with E-state index < -0.39 is 22.6 Å². The van der Waals surface area contributed by atoms with E-state index in [0.717, 1.165) is 31.2 Å². The minimum atomic E-state index is -2.17. The quantitative estimate of drug-likeness (QED) is 0.135. The highest BCUT2D eigenvalue weighted by molar-refractivity contribution is 6.74. The second kappa shape index (κ2) is 18.3. The van der Waals surface area contributed by atoms with E-state index in [0.29, 0.717) is 62.9 Å². The van der Waals surface area contributed by atoms with Gasteiger partial charge in [-0.25, -0.2) is 9.78 Å². The second-order valence-electron chi connectivity index (χ2n) is 18.4. The van der Waals surface area contributed by atoms with Crippen LogP contribution in [0, 0.1) is 0 Å². The number of benzene rings is 2. The van der Waals surface area contributed by atoms with E-state index in [9.17, 15) is 14.7 Å². The summed E-state index contributed by atoms with van der Waals surface area (Å²) in [6.45, 7) is 29.1. The topological polar surface area (TPSA) is 114 Å². The van der Waals surface area contributed by atoms with Crippen molar-refractivity contribution >= 4 is 34.4 Å². The summed E-state index contributed by atoms with van der Waals surface area (Å²) in [6.07, 6.45) is 6.10. The van der Waals surface area contributed by atoms with Gasteiger partial charge in [0.05, 0.1) is 30.4 Å². The van der Waals surface area contributed by atoms with Crippen LogP contribution in [0.3, 0.4) is 0 Å². The van der Waals surface area contributed by atoms with Crippen molar-refractivity contribution in [1.82, 2.24) is 19.4 Å². The number of amides is 2. The number of aromatic carboxylic acids is 1. The predicted molar refractivity (Wildman–Crippen MR) is 230 cm³/mol. The summed E-state index contributed by atoms with van der Waals surface area (Å²) in [4.78, 5) is 50.4. The molecule has 4 rings (SSSR count). The minimum Gasteiger partial charge on any atom is -0.478 e. The highest BCUT2D eigenvalue weighted by Gasteiger charge is 2.40. The fourth-order valence-electron chi connectivity index (χ4n) is 6.39. The van der Waals surface area contributed by atoms with Gasteiger partial charge in [0.2, 0.25) is 0 Å². The summed E-state index contributed by atoms with van der Waals surface area (Å²) < 4.78 is 15.2. The van der Waals surface area contributed by atoms with Crippen molar-refractivity contribution in [2.24, 2.45) is 0 Å². The third-order valence-corrected chi connectivity index (χ3v) is 21.3. The van der Waals surface area contributed by atoms with E-state index in [1.165, 1.54) is 17.7 Å². The van der Waals surface area contributed by atoms with Crippen LogP contribution < -0.4 is 0 Å². The summed E-state index contributed by atoms with van der Waals surface area (Å²) >= 11 is 0. The molecule has 2 aromatic carbocycles. The Kier molecular flexibility index (Phi) is 14.8. The first-order valence-corrected chi connectivity index (χ1v) is 26.3. The number of carboxylic acids is 1. The number of aromatic nitrogens is 2. The Morgan fingerprint density at radius 1 is 0.875 bits per heavy atom. The number of fused-ring (bicyclic) bond motifs is 1. The molecular formula is C44H68N4O6Si2. The van der Waals surface area contributed by atoms with Gasteiger partial charge in [0, 0.05) is 37.9 Å². The molecule has 10 nitrogen and oxygen atoms in total. The molecule has 0 aliphatic carbocycles. The van der Waals surface area contributed by atoms with Crippen LogP contribution in [0.5, 0.6) is 0 Å². The number of imidazole rings is 1. The molecule has 0 spiro atoms. The average molecular weight is 805 g/mol. The molecule has 1 atom stereocenters. The van der Waals surface area contributed by atoms with Crippen LogP contribution in [0.2, 0.25) is 36.3 Å². The van der Waals surface area contributed by atoms with Crippen molar-refractivity contribution in [2.45, 2.75) is 143 Å². The maximum atomic E-state index is 15.1. The number of carbonyl (C=O) groups excluding carboxylic acids is 2. The SMILES string of the molecule is CCCCN(CCCC)C(=O)c1cn(CCO[Si](C)(C)C(C)(C)C)c(-c2ccc(C(=O)O)cc2C(=O)N2Cc3ccccc3CC2CO[Si](C)(C)C(C)(C)C)n1. The van der Waals surface area contributed by atoms with Gasteiger partial charge in [-0.15, -0.1) is 0 Å². The van der Waals surface area contributed by atoms with Crippen LogP contribution in [0.25, 0.3) is 11.4 Å². The molecule has 1 aliphatic heterocycles. The lowest BCUT2D eigenvalue weighted by atomic mass is 9.92. The van der Waals surface area contributed by atoms with E-state index in [2.05, 4.69) is 87.6 Å². The lowest BCUT2D eigenvalue weighted by Crippen LogP contribution is -2.50. The van der Waals surface area contributed by atoms with Crippen LogP contribution in [0.1, 0.15) is 123 Å². The maximum Gasteiger partial charge on any atom is 0.335 e. The van der Waals surface area contributed by atoms with Crippen molar-refractivity contribution < 1.29 is 28.3 Å². The van der Waals surface area contributed by atoms with Crippen LogP contribution in [-0.2, 0) is 28.4 Å². The maximum absolute atomic E-state index is 15.1. The first kappa shape index (κ1) is 45.1. The molecule has 56 heavy (non-hydrogen) atoms. The molecule has 3 aromatic rings. The molecule has 0 saturated heterocycles. The lowest BCUT2D eigenvalue weighted by Gasteiger charge is -2.41. The molecule has 0 radical (unpaired) electrons. The van der Waals surface area contributed by atoms with Gasteiger partial charge in [-0.2, -0.15) is 0 Å². The van der Waals surface area contributed by atoms with Crippen LogP contribution in [0.15, 0.2) is 48.7 Å². The van der Waals surface area contributed by atoms with Gasteiger partial charge >= 0.3 is 5.97 Å². The Labute approximate surface area is 338 Å². The highest BCUT2D eigenvalue weighted by atomic mass is 28.4. The summed E-state index contributed by atoms with van der Waals surface area (Å²) in [5.41, 5.74) is 3.24. The molecule has 1 unspecified atom stereocenters. The van der Waals surface area contributed by atoms with Crippen molar-refractivity contribution in [1.29, 1.82) is 0 Å². The predicted octanol–water partition coefficient (Wildman–Crippen LogP) is 9.90. The van der Waals surface area contributed by atoms with E-state index in [4.69, 9.17) is 13.8 Å². The van der Waals surface area contributed by atoms with Gasteiger partial charge in [0.15, 0.2) is 16.6 Å². The number of nitrogens with zero attached hydrogens (tertiary/aromatic N) is 4. The number of carbonyl (C=O) groups is 3. The first-order chi connectivity index (χ1) is 26.1. The average Bonchev–Trinajstić information content (AvgIpc) is 3.55. The van der Waals surface area contributed by atoms with Gasteiger partial charge < -0.3 is 28.3 Å². The Morgan fingerprint density at radius 2 is 1.46 bits per heavy atom. The van der Waals surface area contributed by atoms with Crippen molar-refractivity contribution in [3.63, 3.8) is 0 Å². The zero-order chi connectivity index (χ0) is 41.6. The van der Waals surface area contributed by atoms with Gasteiger partial charge in [-0.3, -0.25) is 9.59 Å². The number of carboxylic acid groups (broad SMARTS) is 1. The van der Waals surface area contributed by atoms with Crippen molar-refractivity contribution in [3.8, 4) is 11.4 Å². The van der Waals surface area contributed by atoms with E-state index in [1.54, 1.807) is 12.3 Å². The van der Waals surface area contributed by atoms with Gasteiger partial charge in [-0.05, 0) is 84.9 Å². The molecule has 308 valence electrons. The van der Waals surface area contributed by atoms with E-state index >= 15 is 4.79 Å². The van der Waals surface area contributed by atoms with E-state index in [-0.39, 0.29) is 39.1 Å². The van der Waals surface area contributed by atoms with Gasteiger partial charge in [0.1, 0.15) is 11.5 Å². The minimum absolute atomic E-state index is 0.00422. The first-order valence-electron chi connectivity index (χ1n) is 20.5. The third kappa shape index (κ3) is 10.7. The summed E-state index contributed by atoms with van der Waals surface area (Å²) in [6, 6.07) is 12.5. The van der Waals surface area contributed by atoms with Crippen LogP contribution in [0.4, 0.5) is 0 Å². The number of hydrogen-bond acceptors (Lipinski definition) is 6. The zero-order valence-electron chi connectivity index (χ0n) is 36.3. The van der Waals surface area contributed by atoms with Gasteiger partial charge in [-0.1, -0.05) is 92.5 Å². The third-order valence-electron chi connectivity index (χ3n) is 12.2. The monoisotopic (exact) mass is 804 g/mol. The second-order valence-corrected chi connectivity index (χ2v) is 28.1. The normalized spacial score (nSPS) is 15.1. The number of unbranched alkanes of at least 4 members (excludes halogenated alkanes) is 2. The molecule has 0 fully saturated rings. The number of rotatable bonds is 17.